The molecule has 0 radical (unpaired) electrons. The second kappa shape index (κ2) is 7.39. The Balaban J connectivity index is 1.89. The van der Waals surface area contributed by atoms with Crippen molar-refractivity contribution in [2.75, 3.05) is 12.4 Å². The molecule has 3 aromatic rings. The van der Waals surface area contributed by atoms with Gasteiger partial charge in [-0.15, -0.1) is 11.3 Å². The zero-order valence-corrected chi connectivity index (χ0v) is 15.3. The highest BCUT2D eigenvalue weighted by atomic mass is 35.5. The number of aromatic nitrogens is 1. The predicted molar refractivity (Wildman–Crippen MR) is 98.2 cm³/mol. The predicted octanol–water partition coefficient (Wildman–Crippen LogP) is 5.31. The molecule has 8 heteroatoms. The molecule has 1 amide bonds. The largest absolute Gasteiger partial charge is 0.495 e. The summed E-state index contributed by atoms with van der Waals surface area (Å²) in [5, 5.41) is 3.14. The van der Waals surface area contributed by atoms with Crippen molar-refractivity contribution in [1.82, 2.24) is 4.98 Å². The van der Waals surface area contributed by atoms with E-state index in [1.807, 2.05) is 0 Å². The lowest BCUT2D eigenvalue weighted by Crippen LogP contribution is -2.11. The van der Waals surface area contributed by atoms with Gasteiger partial charge in [0.05, 0.1) is 23.4 Å². The number of anilines is 1. The highest BCUT2D eigenvalue weighted by Gasteiger charge is 2.20. The van der Waals surface area contributed by atoms with Crippen molar-refractivity contribution in [2.24, 2.45) is 0 Å². The van der Waals surface area contributed by atoms with Crippen molar-refractivity contribution in [3.63, 3.8) is 0 Å². The monoisotopic (exact) mass is 394 g/mol. The molecular weight excluding hydrogens is 382 g/mol. The number of amides is 1. The zero-order valence-electron chi connectivity index (χ0n) is 13.8. The van der Waals surface area contributed by atoms with Crippen LogP contribution in [0.3, 0.4) is 0 Å². The van der Waals surface area contributed by atoms with Crippen LogP contribution in [0, 0.1) is 18.6 Å². The summed E-state index contributed by atoms with van der Waals surface area (Å²) in [5.74, 6) is -1.42. The molecule has 0 atom stereocenters. The Morgan fingerprint density at radius 3 is 2.54 bits per heavy atom. The Morgan fingerprint density at radius 2 is 1.92 bits per heavy atom. The van der Waals surface area contributed by atoms with Crippen molar-refractivity contribution in [1.29, 1.82) is 0 Å². The molecular formula is C18H13ClF2N2O2S. The highest BCUT2D eigenvalue weighted by Crippen LogP contribution is 2.33. The molecule has 0 saturated heterocycles. The van der Waals surface area contributed by atoms with E-state index in [0.717, 1.165) is 23.5 Å². The van der Waals surface area contributed by atoms with Crippen LogP contribution in [0.1, 0.15) is 15.4 Å². The number of hydrogen-bond acceptors (Lipinski definition) is 4. The molecule has 1 N–H and O–H groups in total. The highest BCUT2D eigenvalue weighted by molar-refractivity contribution is 7.17. The van der Waals surface area contributed by atoms with Crippen LogP contribution in [0.5, 0.6) is 5.75 Å². The number of rotatable bonds is 4. The van der Waals surface area contributed by atoms with Gasteiger partial charge in [0.1, 0.15) is 27.3 Å². The molecule has 1 aromatic heterocycles. The van der Waals surface area contributed by atoms with Gasteiger partial charge < -0.3 is 10.1 Å². The average Bonchev–Trinajstić information content (AvgIpc) is 2.96. The number of benzene rings is 2. The maximum Gasteiger partial charge on any atom is 0.267 e. The summed E-state index contributed by atoms with van der Waals surface area (Å²) < 4.78 is 32.9. The van der Waals surface area contributed by atoms with E-state index in [1.165, 1.54) is 13.2 Å². The zero-order chi connectivity index (χ0) is 18.8. The number of ether oxygens (including phenoxy) is 1. The van der Waals surface area contributed by atoms with E-state index in [2.05, 4.69) is 10.3 Å². The van der Waals surface area contributed by atoms with Gasteiger partial charge in [-0.25, -0.2) is 13.8 Å². The molecule has 0 aliphatic carbocycles. The number of nitrogens with one attached hydrogen (secondary N) is 1. The van der Waals surface area contributed by atoms with Crippen LogP contribution >= 0.6 is 22.9 Å². The van der Waals surface area contributed by atoms with Crippen LogP contribution in [0.4, 0.5) is 14.5 Å². The first-order valence-corrected chi connectivity index (χ1v) is 8.67. The summed E-state index contributed by atoms with van der Waals surface area (Å²) in [6, 6.07) is 8.37. The topological polar surface area (TPSA) is 51.2 Å². The molecule has 0 aliphatic rings. The number of halogens is 3. The Bertz CT molecular complexity index is 971. The molecule has 0 spiro atoms. The lowest BCUT2D eigenvalue weighted by molar-refractivity contribution is 0.103. The normalized spacial score (nSPS) is 10.7. The third kappa shape index (κ3) is 3.54. The standard InChI is InChI=1S/C18H13ClF2N2O2S/c1-9-16(17(24)23-10-6-7-14(25-2)11(19)8-10)26-18(22-9)15-12(20)4-3-5-13(15)21/h3-8H,1-2H3,(H,23,24). The molecule has 0 saturated carbocycles. The number of carbonyl (C=O) groups is 1. The lowest BCUT2D eigenvalue weighted by atomic mass is 10.2. The molecule has 0 aliphatic heterocycles. The van der Waals surface area contributed by atoms with Gasteiger partial charge >= 0.3 is 0 Å². The van der Waals surface area contributed by atoms with Crippen molar-refractivity contribution in [3.05, 3.63) is 63.6 Å². The van der Waals surface area contributed by atoms with Gasteiger partial charge in [-0.2, -0.15) is 0 Å². The number of nitrogens with zero attached hydrogens (tertiary/aromatic N) is 1. The van der Waals surface area contributed by atoms with E-state index in [4.69, 9.17) is 16.3 Å². The summed E-state index contributed by atoms with van der Waals surface area (Å²) in [6.45, 7) is 1.61. The summed E-state index contributed by atoms with van der Waals surface area (Å²) in [4.78, 5) is 16.9. The van der Waals surface area contributed by atoms with Crippen molar-refractivity contribution in [3.8, 4) is 16.3 Å². The molecule has 26 heavy (non-hydrogen) atoms. The SMILES string of the molecule is COc1ccc(NC(=O)c2sc(-c3c(F)cccc3F)nc2C)cc1Cl. The second-order valence-corrected chi connectivity index (χ2v) is 6.74. The Labute approximate surface area is 157 Å². The number of thiazole rings is 1. The fourth-order valence-corrected chi connectivity index (χ4v) is 3.62. The van der Waals surface area contributed by atoms with Gasteiger partial charge in [0.15, 0.2) is 0 Å². The molecule has 0 fully saturated rings. The third-order valence-corrected chi connectivity index (χ3v) is 5.06. The minimum absolute atomic E-state index is 0.107. The molecule has 134 valence electrons. The fraction of sp³-hybridized carbons (Fsp3) is 0.111. The molecule has 1 heterocycles. The first-order valence-electron chi connectivity index (χ1n) is 7.47. The van der Waals surface area contributed by atoms with Gasteiger partial charge in [0.2, 0.25) is 0 Å². The van der Waals surface area contributed by atoms with E-state index >= 15 is 0 Å². The van der Waals surface area contributed by atoms with Gasteiger partial charge in [0.25, 0.3) is 5.91 Å². The van der Waals surface area contributed by atoms with Gasteiger partial charge in [-0.3, -0.25) is 4.79 Å². The number of aryl methyl sites for hydroxylation is 1. The smallest absolute Gasteiger partial charge is 0.267 e. The number of carbonyl (C=O) groups excluding carboxylic acids is 1. The first-order chi connectivity index (χ1) is 12.4. The van der Waals surface area contributed by atoms with E-state index < -0.39 is 17.5 Å². The van der Waals surface area contributed by atoms with Crippen molar-refractivity contribution >= 4 is 34.5 Å². The molecule has 0 bridgehead atoms. The lowest BCUT2D eigenvalue weighted by Gasteiger charge is -2.07. The van der Waals surface area contributed by atoms with Crippen LogP contribution < -0.4 is 10.1 Å². The van der Waals surface area contributed by atoms with Crippen LogP contribution in [-0.2, 0) is 0 Å². The quantitative estimate of drug-likeness (QED) is 0.652. The van der Waals surface area contributed by atoms with Crippen LogP contribution in [0.15, 0.2) is 36.4 Å². The van der Waals surface area contributed by atoms with E-state index in [9.17, 15) is 13.6 Å². The summed E-state index contributed by atoms with van der Waals surface area (Å²) >= 11 is 6.96. The van der Waals surface area contributed by atoms with Gasteiger partial charge in [0, 0.05) is 5.69 Å². The Morgan fingerprint density at radius 1 is 1.23 bits per heavy atom. The average molecular weight is 395 g/mol. The maximum absolute atomic E-state index is 13.9. The van der Waals surface area contributed by atoms with Crippen LogP contribution in [0.2, 0.25) is 5.02 Å². The Hall–Kier alpha value is -2.51. The first kappa shape index (κ1) is 18.3. The Kier molecular flexibility index (Phi) is 5.20. The minimum atomic E-state index is -0.729. The van der Waals surface area contributed by atoms with Crippen LogP contribution in [-0.4, -0.2) is 18.0 Å². The molecule has 2 aromatic carbocycles. The van der Waals surface area contributed by atoms with Crippen molar-refractivity contribution < 1.29 is 18.3 Å². The second-order valence-electron chi connectivity index (χ2n) is 5.33. The van der Waals surface area contributed by atoms with E-state index in [0.29, 0.717) is 22.2 Å². The number of methoxy groups -OCH3 is 1. The van der Waals surface area contributed by atoms with Crippen LogP contribution in [0.25, 0.3) is 10.6 Å². The number of hydrogen-bond donors (Lipinski definition) is 1. The molecule has 3 rings (SSSR count). The minimum Gasteiger partial charge on any atom is -0.495 e. The van der Waals surface area contributed by atoms with Gasteiger partial charge in [-0.05, 0) is 37.3 Å². The maximum atomic E-state index is 13.9. The molecule has 0 unspecified atom stereocenters. The molecule has 4 nitrogen and oxygen atoms in total. The third-order valence-electron chi connectivity index (χ3n) is 3.59. The summed E-state index contributed by atoms with van der Waals surface area (Å²) in [5.41, 5.74) is 0.601. The fourth-order valence-electron chi connectivity index (χ4n) is 2.35. The summed E-state index contributed by atoms with van der Waals surface area (Å²) in [6.07, 6.45) is 0. The van der Waals surface area contributed by atoms with E-state index in [-0.39, 0.29) is 15.4 Å². The van der Waals surface area contributed by atoms with Crippen molar-refractivity contribution in [2.45, 2.75) is 6.92 Å². The van der Waals surface area contributed by atoms with E-state index in [1.54, 1.807) is 25.1 Å². The summed E-state index contributed by atoms with van der Waals surface area (Å²) in [7, 11) is 1.49. The van der Waals surface area contributed by atoms with Gasteiger partial charge in [-0.1, -0.05) is 17.7 Å².